The minimum atomic E-state index is -0.0120. The molecule has 0 amide bonds. The molecule has 0 heterocycles. The van der Waals surface area contributed by atoms with Crippen molar-refractivity contribution in [2.24, 2.45) is 0 Å². The molecule has 0 unspecified atom stereocenters. The van der Waals surface area contributed by atoms with E-state index in [2.05, 4.69) is 4.89 Å². The molecule has 0 aliphatic rings. The highest BCUT2D eigenvalue weighted by Gasteiger charge is 2.07. The molecule has 1 N–H and O–H groups in total. The summed E-state index contributed by atoms with van der Waals surface area (Å²) in [5.74, 6) is -0.0120. The van der Waals surface area contributed by atoms with Crippen molar-refractivity contribution in [3.8, 4) is 0 Å². The van der Waals surface area contributed by atoms with Gasteiger partial charge in [0.1, 0.15) is 6.61 Å². The van der Waals surface area contributed by atoms with Crippen LogP contribution >= 0.6 is 0 Å². The molecule has 2 aromatic rings. The van der Waals surface area contributed by atoms with Gasteiger partial charge >= 0.3 is 0 Å². The third kappa shape index (κ3) is 2.78. The van der Waals surface area contributed by atoms with Crippen molar-refractivity contribution in [3.05, 3.63) is 71.3 Å². The fraction of sp³-hybridized carbons (Fsp3) is 0.0714. The lowest BCUT2D eigenvalue weighted by molar-refractivity contribution is -0.253. The van der Waals surface area contributed by atoms with Crippen molar-refractivity contribution < 1.29 is 14.9 Å². The predicted octanol–water partition coefficient (Wildman–Crippen LogP) is 2.91. The summed E-state index contributed by atoms with van der Waals surface area (Å²) in [4.78, 5) is 16.1. The molecule has 86 valence electrons. The molecule has 0 radical (unpaired) electrons. The third-order valence-electron chi connectivity index (χ3n) is 2.48. The SMILES string of the molecule is O=C(c1ccccc1)c1ccc(COO)cc1. The normalized spacial score (nSPS) is 10.2. The summed E-state index contributed by atoms with van der Waals surface area (Å²) in [7, 11) is 0. The van der Waals surface area contributed by atoms with E-state index in [0.717, 1.165) is 5.56 Å². The molecule has 0 atom stereocenters. The summed E-state index contributed by atoms with van der Waals surface area (Å²) in [6, 6.07) is 16.1. The van der Waals surface area contributed by atoms with Gasteiger partial charge in [-0.15, -0.1) is 0 Å². The van der Waals surface area contributed by atoms with Crippen LogP contribution in [0.5, 0.6) is 0 Å². The van der Waals surface area contributed by atoms with Crippen molar-refractivity contribution >= 4 is 5.78 Å². The van der Waals surface area contributed by atoms with Crippen LogP contribution in [0.15, 0.2) is 54.6 Å². The van der Waals surface area contributed by atoms with Crippen LogP contribution in [0.25, 0.3) is 0 Å². The Hall–Kier alpha value is -1.97. The second kappa shape index (κ2) is 5.39. The molecule has 2 rings (SSSR count). The van der Waals surface area contributed by atoms with E-state index in [1.54, 1.807) is 36.4 Å². The van der Waals surface area contributed by atoms with E-state index in [0.29, 0.717) is 11.1 Å². The second-order valence-electron chi connectivity index (χ2n) is 3.67. The van der Waals surface area contributed by atoms with Gasteiger partial charge in [0.15, 0.2) is 5.78 Å². The highest BCUT2D eigenvalue weighted by molar-refractivity contribution is 6.08. The average molecular weight is 228 g/mol. The van der Waals surface area contributed by atoms with Gasteiger partial charge in [-0.25, -0.2) is 4.89 Å². The van der Waals surface area contributed by atoms with Crippen molar-refractivity contribution in [3.63, 3.8) is 0 Å². The van der Waals surface area contributed by atoms with Crippen molar-refractivity contribution in [1.29, 1.82) is 0 Å². The monoisotopic (exact) mass is 228 g/mol. The van der Waals surface area contributed by atoms with Crippen LogP contribution in [0.2, 0.25) is 0 Å². The molecule has 0 saturated carbocycles. The molecule has 0 fully saturated rings. The lowest BCUT2D eigenvalue weighted by Crippen LogP contribution is -2.01. The molecule has 0 aliphatic carbocycles. The van der Waals surface area contributed by atoms with Gasteiger partial charge < -0.3 is 0 Å². The maximum Gasteiger partial charge on any atom is 0.193 e. The van der Waals surface area contributed by atoms with Gasteiger partial charge in [-0.2, -0.15) is 0 Å². The fourth-order valence-corrected chi connectivity index (χ4v) is 1.58. The Labute approximate surface area is 99.2 Å². The van der Waals surface area contributed by atoms with Crippen molar-refractivity contribution in [2.45, 2.75) is 6.61 Å². The summed E-state index contributed by atoms with van der Waals surface area (Å²) < 4.78 is 0. The smallest absolute Gasteiger partial charge is 0.193 e. The lowest BCUT2D eigenvalue weighted by Gasteiger charge is -2.02. The number of carbonyl (C=O) groups is 1. The zero-order chi connectivity index (χ0) is 12.1. The molecule has 0 aromatic heterocycles. The number of hydrogen-bond donors (Lipinski definition) is 1. The van der Waals surface area contributed by atoms with Crippen LogP contribution in [0.1, 0.15) is 21.5 Å². The Bertz CT molecular complexity index is 489. The number of hydrogen-bond acceptors (Lipinski definition) is 3. The topological polar surface area (TPSA) is 46.5 Å². The van der Waals surface area contributed by atoms with Crippen molar-refractivity contribution in [1.82, 2.24) is 0 Å². The first-order valence-corrected chi connectivity index (χ1v) is 5.26. The lowest BCUT2D eigenvalue weighted by atomic mass is 10.0. The average Bonchev–Trinajstić information content (AvgIpc) is 2.40. The van der Waals surface area contributed by atoms with Crippen LogP contribution in [0, 0.1) is 0 Å². The summed E-state index contributed by atoms with van der Waals surface area (Å²) in [5.41, 5.74) is 2.11. The Balaban J connectivity index is 2.20. The first kappa shape index (κ1) is 11.5. The van der Waals surface area contributed by atoms with Crippen LogP contribution < -0.4 is 0 Å². The van der Waals surface area contributed by atoms with Gasteiger partial charge in [-0.1, -0.05) is 54.6 Å². The van der Waals surface area contributed by atoms with E-state index in [1.165, 1.54) is 0 Å². The molecule has 17 heavy (non-hydrogen) atoms. The second-order valence-corrected chi connectivity index (χ2v) is 3.67. The van der Waals surface area contributed by atoms with Gasteiger partial charge in [0.25, 0.3) is 0 Å². The Morgan fingerprint density at radius 2 is 1.53 bits per heavy atom. The van der Waals surface area contributed by atoms with Gasteiger partial charge in [-0.3, -0.25) is 10.1 Å². The fourth-order valence-electron chi connectivity index (χ4n) is 1.58. The number of rotatable bonds is 4. The molecule has 0 aliphatic heterocycles. The van der Waals surface area contributed by atoms with Crippen molar-refractivity contribution in [2.75, 3.05) is 0 Å². The molecule has 0 spiro atoms. The first-order valence-electron chi connectivity index (χ1n) is 5.26. The highest BCUT2D eigenvalue weighted by Crippen LogP contribution is 2.11. The Morgan fingerprint density at radius 1 is 0.941 bits per heavy atom. The minimum absolute atomic E-state index is 0.0120. The van der Waals surface area contributed by atoms with Gasteiger partial charge in [0, 0.05) is 11.1 Å². The molecule has 2 aromatic carbocycles. The molecule has 3 nitrogen and oxygen atoms in total. The summed E-state index contributed by atoms with van der Waals surface area (Å²) >= 11 is 0. The van der Waals surface area contributed by atoms with Crippen LogP contribution in [-0.4, -0.2) is 11.0 Å². The summed E-state index contributed by atoms with van der Waals surface area (Å²) in [6.07, 6.45) is 0. The molecular formula is C14H12O3. The zero-order valence-corrected chi connectivity index (χ0v) is 9.17. The van der Waals surface area contributed by atoms with Gasteiger partial charge in [0.05, 0.1) is 0 Å². The predicted molar refractivity (Wildman–Crippen MR) is 63.7 cm³/mol. The van der Waals surface area contributed by atoms with E-state index >= 15 is 0 Å². The molecule has 0 bridgehead atoms. The summed E-state index contributed by atoms with van der Waals surface area (Å²) in [6.45, 7) is 0.125. The van der Waals surface area contributed by atoms with Crippen LogP contribution in [-0.2, 0) is 11.5 Å². The molecule has 3 heteroatoms. The number of ketones is 1. The van der Waals surface area contributed by atoms with E-state index in [4.69, 9.17) is 5.26 Å². The third-order valence-corrected chi connectivity index (χ3v) is 2.48. The van der Waals surface area contributed by atoms with Gasteiger partial charge in [-0.05, 0) is 5.56 Å². The maximum atomic E-state index is 12.0. The quantitative estimate of drug-likeness (QED) is 0.497. The largest absolute Gasteiger partial charge is 0.289 e. The van der Waals surface area contributed by atoms with Crippen LogP contribution in [0.3, 0.4) is 0 Å². The minimum Gasteiger partial charge on any atom is -0.289 e. The van der Waals surface area contributed by atoms with Gasteiger partial charge in [0.2, 0.25) is 0 Å². The number of benzene rings is 2. The summed E-state index contributed by atoms with van der Waals surface area (Å²) in [5, 5.41) is 8.31. The van der Waals surface area contributed by atoms with E-state index < -0.39 is 0 Å². The molecule has 0 saturated heterocycles. The molecular weight excluding hydrogens is 216 g/mol. The first-order chi connectivity index (χ1) is 8.31. The maximum absolute atomic E-state index is 12.0. The Morgan fingerprint density at radius 3 is 2.12 bits per heavy atom. The zero-order valence-electron chi connectivity index (χ0n) is 9.17. The van der Waals surface area contributed by atoms with E-state index in [1.807, 2.05) is 18.2 Å². The van der Waals surface area contributed by atoms with Crippen LogP contribution in [0.4, 0.5) is 0 Å². The standard InChI is InChI=1S/C14H12O3/c15-14(12-4-2-1-3-5-12)13-8-6-11(7-9-13)10-17-16/h1-9,16H,10H2. The van der Waals surface area contributed by atoms with E-state index in [9.17, 15) is 4.79 Å². The number of carbonyl (C=O) groups excluding carboxylic acids is 1. The Kier molecular flexibility index (Phi) is 3.65. The van der Waals surface area contributed by atoms with E-state index in [-0.39, 0.29) is 12.4 Å². The highest BCUT2D eigenvalue weighted by atomic mass is 17.1.